The summed E-state index contributed by atoms with van der Waals surface area (Å²) >= 11 is 0. The van der Waals surface area contributed by atoms with Gasteiger partial charge in [-0.2, -0.15) is 0 Å². The number of nitrogens with two attached hydrogens (primary N) is 1. The molecule has 0 radical (unpaired) electrons. The third-order valence-electron chi connectivity index (χ3n) is 5.20. The molecule has 0 aliphatic heterocycles. The van der Waals surface area contributed by atoms with Gasteiger partial charge < -0.3 is 15.7 Å². The third kappa shape index (κ3) is 4.94. The lowest BCUT2D eigenvalue weighted by Gasteiger charge is -2.26. The van der Waals surface area contributed by atoms with Gasteiger partial charge in [0.2, 0.25) is 0 Å². The standard InChI is InChI=1S/C24H27N3O4/c1-3-20(26-31-4-2)23-21(28)14-17(15-22(23)29)16-9-8-12-19(13-16)27(24(25)30)18-10-6-5-7-11-18/h5-13,17,28H,3-4,14-15H2,1-2H3,(H2,25,30). The molecule has 1 atom stereocenters. The molecule has 2 aromatic carbocycles. The number of Topliss-reactive ketones (excluding diaryl/α,β-unsaturated/α-hetero) is 1. The van der Waals surface area contributed by atoms with Gasteiger partial charge in [-0.3, -0.25) is 9.69 Å². The number of carbonyl (C=O) groups excluding carboxylic acids is 2. The Hall–Kier alpha value is -3.61. The van der Waals surface area contributed by atoms with Crippen LogP contribution in [0.15, 0.2) is 71.1 Å². The second kappa shape index (κ2) is 9.93. The highest BCUT2D eigenvalue weighted by atomic mass is 16.6. The van der Waals surface area contributed by atoms with E-state index in [1.54, 1.807) is 18.2 Å². The van der Waals surface area contributed by atoms with Crippen molar-refractivity contribution >= 4 is 28.9 Å². The smallest absolute Gasteiger partial charge is 0.323 e. The van der Waals surface area contributed by atoms with Crippen molar-refractivity contribution in [1.82, 2.24) is 0 Å². The fourth-order valence-corrected chi connectivity index (χ4v) is 3.79. The summed E-state index contributed by atoms with van der Waals surface area (Å²) < 4.78 is 0. The van der Waals surface area contributed by atoms with E-state index in [-0.39, 0.29) is 29.5 Å². The molecule has 1 aliphatic carbocycles. The minimum Gasteiger partial charge on any atom is -0.511 e. The Morgan fingerprint density at radius 1 is 1.13 bits per heavy atom. The van der Waals surface area contributed by atoms with Crippen LogP contribution in [-0.4, -0.2) is 29.2 Å². The summed E-state index contributed by atoms with van der Waals surface area (Å²) in [6, 6.07) is 15.8. The number of oxime groups is 1. The normalized spacial score (nSPS) is 16.9. The molecule has 2 amide bonds. The maximum atomic E-state index is 12.9. The molecule has 0 aromatic heterocycles. The molecule has 0 heterocycles. The first-order valence-corrected chi connectivity index (χ1v) is 10.3. The number of hydrogen-bond donors (Lipinski definition) is 2. The highest BCUT2D eigenvalue weighted by molar-refractivity contribution is 6.23. The molecule has 3 N–H and O–H groups in total. The van der Waals surface area contributed by atoms with E-state index in [1.807, 2.05) is 50.2 Å². The Bertz CT molecular complexity index is 1010. The summed E-state index contributed by atoms with van der Waals surface area (Å²) in [6.45, 7) is 4.06. The number of primary amides is 1. The van der Waals surface area contributed by atoms with Crippen molar-refractivity contribution in [2.24, 2.45) is 10.9 Å². The summed E-state index contributed by atoms with van der Waals surface area (Å²) in [4.78, 5) is 31.5. The molecule has 0 saturated heterocycles. The van der Waals surface area contributed by atoms with Gasteiger partial charge in [0, 0.05) is 12.8 Å². The van der Waals surface area contributed by atoms with Crippen LogP contribution in [0.3, 0.4) is 0 Å². The van der Waals surface area contributed by atoms with Crippen molar-refractivity contribution in [3.8, 4) is 0 Å². The SMILES string of the molecule is CCON=C(CC)C1=C(O)CC(c2cccc(N(C(N)=O)c3ccccc3)c2)CC1=O. The zero-order valence-electron chi connectivity index (χ0n) is 17.7. The van der Waals surface area contributed by atoms with E-state index in [2.05, 4.69) is 5.16 Å². The number of para-hydroxylation sites is 1. The molecule has 3 rings (SSSR count). The molecule has 0 saturated carbocycles. The van der Waals surface area contributed by atoms with Gasteiger partial charge in [0.15, 0.2) is 5.78 Å². The van der Waals surface area contributed by atoms with Crippen molar-refractivity contribution in [3.05, 3.63) is 71.5 Å². The Kier molecular flexibility index (Phi) is 7.07. The number of aliphatic hydroxyl groups is 1. The summed E-state index contributed by atoms with van der Waals surface area (Å²) in [5.74, 6) is -0.372. The third-order valence-corrected chi connectivity index (χ3v) is 5.20. The molecule has 7 nitrogen and oxygen atoms in total. The van der Waals surface area contributed by atoms with E-state index in [0.29, 0.717) is 36.5 Å². The van der Waals surface area contributed by atoms with Crippen LogP contribution < -0.4 is 10.6 Å². The minimum absolute atomic E-state index is 0.0155. The molecule has 0 fully saturated rings. The van der Waals surface area contributed by atoms with Gasteiger partial charge in [-0.25, -0.2) is 4.79 Å². The van der Waals surface area contributed by atoms with Crippen molar-refractivity contribution in [2.75, 3.05) is 11.5 Å². The maximum Gasteiger partial charge on any atom is 0.323 e. The highest BCUT2D eigenvalue weighted by Crippen LogP contribution is 2.36. The Balaban J connectivity index is 1.92. The Labute approximate surface area is 181 Å². The van der Waals surface area contributed by atoms with Crippen LogP contribution >= 0.6 is 0 Å². The quantitative estimate of drug-likeness (QED) is 0.487. The number of rotatable bonds is 7. The van der Waals surface area contributed by atoms with Gasteiger partial charge in [-0.05, 0) is 49.1 Å². The molecular weight excluding hydrogens is 394 g/mol. The second-order valence-corrected chi connectivity index (χ2v) is 7.26. The molecule has 1 aliphatic rings. The molecule has 0 bridgehead atoms. The molecule has 1 unspecified atom stereocenters. The first-order valence-electron chi connectivity index (χ1n) is 10.3. The largest absolute Gasteiger partial charge is 0.511 e. The first-order chi connectivity index (χ1) is 15.0. The predicted octanol–water partition coefficient (Wildman–Crippen LogP) is 4.96. The number of ketones is 1. The molecule has 0 spiro atoms. The predicted molar refractivity (Wildman–Crippen MR) is 121 cm³/mol. The Morgan fingerprint density at radius 2 is 1.84 bits per heavy atom. The van der Waals surface area contributed by atoms with E-state index in [0.717, 1.165) is 5.56 Å². The number of urea groups is 1. The summed E-state index contributed by atoms with van der Waals surface area (Å²) in [6.07, 6.45) is 1.02. The summed E-state index contributed by atoms with van der Waals surface area (Å²) in [5, 5.41) is 14.6. The molecule has 2 aromatic rings. The lowest BCUT2D eigenvalue weighted by atomic mass is 9.81. The van der Waals surface area contributed by atoms with Gasteiger partial charge in [-0.15, -0.1) is 0 Å². The van der Waals surface area contributed by atoms with Crippen LogP contribution in [0.5, 0.6) is 0 Å². The number of aliphatic hydroxyl groups excluding tert-OH is 1. The summed E-state index contributed by atoms with van der Waals surface area (Å²) in [7, 11) is 0. The number of hydrogen-bond acceptors (Lipinski definition) is 5. The molecule has 7 heteroatoms. The number of carbonyl (C=O) groups is 2. The number of nitrogens with zero attached hydrogens (tertiary/aromatic N) is 2. The van der Waals surface area contributed by atoms with Gasteiger partial charge in [0.05, 0.1) is 22.7 Å². The fraction of sp³-hybridized carbons (Fsp3) is 0.292. The average molecular weight is 421 g/mol. The minimum atomic E-state index is -0.604. The van der Waals surface area contributed by atoms with Crippen LogP contribution in [0.2, 0.25) is 0 Å². The lowest BCUT2D eigenvalue weighted by Crippen LogP contribution is -2.31. The van der Waals surface area contributed by atoms with E-state index in [9.17, 15) is 14.7 Å². The zero-order valence-corrected chi connectivity index (χ0v) is 17.7. The van der Waals surface area contributed by atoms with Crippen molar-refractivity contribution in [1.29, 1.82) is 0 Å². The van der Waals surface area contributed by atoms with E-state index in [4.69, 9.17) is 10.6 Å². The number of anilines is 2. The van der Waals surface area contributed by atoms with Gasteiger partial charge in [-0.1, -0.05) is 42.4 Å². The van der Waals surface area contributed by atoms with Crippen molar-refractivity contribution in [2.45, 2.75) is 39.0 Å². The first kappa shape index (κ1) is 22.1. The maximum absolute atomic E-state index is 12.9. The van der Waals surface area contributed by atoms with Crippen LogP contribution in [-0.2, 0) is 9.63 Å². The fourth-order valence-electron chi connectivity index (χ4n) is 3.79. The van der Waals surface area contributed by atoms with Crippen LogP contribution in [0.25, 0.3) is 0 Å². The molecule has 162 valence electrons. The number of allylic oxidation sites excluding steroid dienone is 2. The number of benzene rings is 2. The lowest BCUT2D eigenvalue weighted by molar-refractivity contribution is -0.116. The zero-order chi connectivity index (χ0) is 22.4. The Morgan fingerprint density at radius 3 is 2.45 bits per heavy atom. The van der Waals surface area contributed by atoms with Crippen LogP contribution in [0.1, 0.15) is 44.6 Å². The van der Waals surface area contributed by atoms with Crippen molar-refractivity contribution in [3.63, 3.8) is 0 Å². The van der Waals surface area contributed by atoms with Gasteiger partial charge >= 0.3 is 6.03 Å². The highest BCUT2D eigenvalue weighted by Gasteiger charge is 2.31. The van der Waals surface area contributed by atoms with E-state index in [1.165, 1.54) is 4.90 Å². The topological polar surface area (TPSA) is 105 Å². The summed E-state index contributed by atoms with van der Waals surface area (Å²) in [5.41, 5.74) is 8.45. The van der Waals surface area contributed by atoms with E-state index >= 15 is 0 Å². The monoisotopic (exact) mass is 421 g/mol. The average Bonchev–Trinajstić information content (AvgIpc) is 2.76. The molecule has 31 heavy (non-hydrogen) atoms. The van der Waals surface area contributed by atoms with Gasteiger partial charge in [0.1, 0.15) is 12.4 Å². The van der Waals surface area contributed by atoms with Gasteiger partial charge in [0.25, 0.3) is 0 Å². The number of amides is 2. The van der Waals surface area contributed by atoms with Crippen molar-refractivity contribution < 1.29 is 19.5 Å². The second-order valence-electron chi connectivity index (χ2n) is 7.26. The van der Waals surface area contributed by atoms with Crippen LogP contribution in [0, 0.1) is 0 Å². The molecular formula is C24H27N3O4. The van der Waals surface area contributed by atoms with Crippen LogP contribution in [0.4, 0.5) is 16.2 Å². The van der Waals surface area contributed by atoms with E-state index < -0.39 is 6.03 Å².